The van der Waals surface area contributed by atoms with Crippen molar-refractivity contribution in [1.29, 1.82) is 0 Å². The van der Waals surface area contributed by atoms with Gasteiger partial charge >= 0.3 is 0 Å². The quantitative estimate of drug-likeness (QED) is 0.330. The summed E-state index contributed by atoms with van der Waals surface area (Å²) in [7, 11) is 0. The number of nitrogens with one attached hydrogen (secondary N) is 2. The Bertz CT molecular complexity index is 1270. The van der Waals surface area contributed by atoms with Crippen molar-refractivity contribution >= 4 is 40.9 Å². The molecule has 2 unspecified atom stereocenters. The van der Waals surface area contributed by atoms with E-state index in [1.165, 1.54) is 29.2 Å². The number of aliphatic hydroxyl groups is 1. The minimum absolute atomic E-state index is 0. The molecule has 1 heterocycles. The molecule has 3 aromatic carbocycles. The number of amides is 3. The van der Waals surface area contributed by atoms with Crippen molar-refractivity contribution in [1.82, 2.24) is 15.5 Å². The number of aliphatic hydroxyl groups excluding tert-OH is 1. The number of nitrogens with two attached hydrogens (primary N) is 1. The molecule has 0 aromatic heterocycles. The summed E-state index contributed by atoms with van der Waals surface area (Å²) >= 11 is 0. The van der Waals surface area contributed by atoms with Gasteiger partial charge in [-0.1, -0.05) is 42.5 Å². The Balaban J connectivity index is 0.00000400. The average molecular weight is 543 g/mol. The van der Waals surface area contributed by atoms with E-state index in [1.54, 1.807) is 0 Å². The van der Waals surface area contributed by atoms with Gasteiger partial charge in [-0.05, 0) is 53.4 Å². The fraction of sp³-hybridized carbons (Fsp3) is 0.321. The van der Waals surface area contributed by atoms with Gasteiger partial charge in [-0.3, -0.25) is 14.4 Å². The summed E-state index contributed by atoms with van der Waals surface area (Å²) in [6.45, 7) is 0.334. The van der Waals surface area contributed by atoms with Crippen LogP contribution in [-0.4, -0.2) is 65.5 Å². The molecule has 0 aliphatic carbocycles. The van der Waals surface area contributed by atoms with E-state index >= 15 is 0 Å². The maximum absolute atomic E-state index is 13.3. The van der Waals surface area contributed by atoms with Crippen LogP contribution in [0.3, 0.4) is 0 Å². The maximum Gasteiger partial charge on any atom is 0.254 e. The number of rotatable bonds is 9. The number of carbonyl (C=O) groups is 3. The Kier molecular flexibility index (Phi) is 10.2. The lowest BCUT2D eigenvalue weighted by atomic mass is 10.0. The van der Waals surface area contributed by atoms with Crippen molar-refractivity contribution in [2.75, 3.05) is 19.6 Å². The molecule has 0 radical (unpaired) electrons. The van der Waals surface area contributed by atoms with Crippen LogP contribution in [0.2, 0.25) is 0 Å². The summed E-state index contributed by atoms with van der Waals surface area (Å²) < 4.78 is 13.3. The highest BCUT2D eigenvalue weighted by molar-refractivity contribution is 5.99. The van der Waals surface area contributed by atoms with E-state index in [0.29, 0.717) is 24.9 Å². The predicted octanol–water partition coefficient (Wildman–Crippen LogP) is 2.17. The predicted molar refractivity (Wildman–Crippen MR) is 145 cm³/mol. The van der Waals surface area contributed by atoms with E-state index in [1.807, 2.05) is 42.5 Å². The zero-order chi connectivity index (χ0) is 26.4. The summed E-state index contributed by atoms with van der Waals surface area (Å²) in [4.78, 5) is 40.9. The van der Waals surface area contributed by atoms with Crippen molar-refractivity contribution in [2.24, 2.45) is 5.73 Å². The Labute approximate surface area is 226 Å². The molecule has 10 heteroatoms. The lowest BCUT2D eigenvalue weighted by Gasteiger charge is -2.27. The summed E-state index contributed by atoms with van der Waals surface area (Å²) in [6.07, 6.45) is 0.406. The molecule has 3 aromatic rings. The van der Waals surface area contributed by atoms with Crippen LogP contribution in [-0.2, 0) is 16.0 Å². The molecule has 8 nitrogen and oxygen atoms in total. The molecule has 3 atom stereocenters. The van der Waals surface area contributed by atoms with Gasteiger partial charge in [0.15, 0.2) is 0 Å². The van der Waals surface area contributed by atoms with Gasteiger partial charge in [0, 0.05) is 31.6 Å². The van der Waals surface area contributed by atoms with Crippen molar-refractivity contribution < 1.29 is 23.9 Å². The number of nitrogens with zero attached hydrogens (tertiary/aromatic N) is 1. The standard InChI is InChI=1S/C28H31FN4O4.ClH/c29-22-11-9-20(10-12-22)28(37)33-13-3-6-25(33)27(36)32-24(26(35)31-17-23(34)16-30)15-18-7-8-19-4-1-2-5-21(19)14-18;/h1-2,4-5,7-12,14,23-25,34H,3,6,13,15-17,30H2,(H,31,35)(H,32,36);1H/t23?,24-,25?;/m1./s1. The van der Waals surface area contributed by atoms with Gasteiger partial charge in [0.1, 0.15) is 17.9 Å². The van der Waals surface area contributed by atoms with Crippen LogP contribution in [0, 0.1) is 5.82 Å². The Morgan fingerprint density at radius 1 is 1.05 bits per heavy atom. The fourth-order valence-electron chi connectivity index (χ4n) is 4.54. The van der Waals surface area contributed by atoms with Gasteiger partial charge in [0.05, 0.1) is 6.10 Å². The molecule has 4 rings (SSSR count). The first-order chi connectivity index (χ1) is 17.9. The van der Waals surface area contributed by atoms with Crippen LogP contribution in [0.4, 0.5) is 4.39 Å². The first-order valence-electron chi connectivity index (χ1n) is 12.4. The van der Waals surface area contributed by atoms with Gasteiger partial charge in [0.2, 0.25) is 11.8 Å². The minimum atomic E-state index is -0.929. The van der Waals surface area contributed by atoms with Gasteiger partial charge < -0.3 is 26.4 Å². The molecule has 0 spiro atoms. The highest BCUT2D eigenvalue weighted by Crippen LogP contribution is 2.22. The molecular formula is C28H32ClFN4O4. The molecule has 3 amide bonds. The van der Waals surface area contributed by atoms with Crippen molar-refractivity contribution in [2.45, 2.75) is 37.5 Å². The van der Waals surface area contributed by atoms with Crippen LogP contribution in [0.25, 0.3) is 10.8 Å². The van der Waals surface area contributed by atoms with Crippen molar-refractivity contribution in [3.63, 3.8) is 0 Å². The zero-order valence-electron chi connectivity index (χ0n) is 20.8. The number of fused-ring (bicyclic) bond motifs is 1. The van der Waals surface area contributed by atoms with Crippen molar-refractivity contribution in [3.05, 3.63) is 83.7 Å². The number of hydrogen-bond donors (Lipinski definition) is 4. The number of halogens is 2. The maximum atomic E-state index is 13.3. The molecule has 1 aliphatic rings. The van der Waals surface area contributed by atoms with E-state index in [4.69, 9.17) is 5.73 Å². The minimum Gasteiger partial charge on any atom is -0.390 e. The molecule has 5 N–H and O–H groups in total. The molecule has 38 heavy (non-hydrogen) atoms. The summed E-state index contributed by atoms with van der Waals surface area (Å²) in [5.41, 5.74) is 6.59. The van der Waals surface area contributed by atoms with E-state index < -0.39 is 35.8 Å². The number of hydrogen-bond acceptors (Lipinski definition) is 5. The van der Waals surface area contributed by atoms with Gasteiger partial charge in [-0.15, -0.1) is 12.4 Å². The lowest BCUT2D eigenvalue weighted by Crippen LogP contribution is -2.54. The van der Waals surface area contributed by atoms with Crippen LogP contribution in [0.5, 0.6) is 0 Å². The fourth-order valence-corrected chi connectivity index (χ4v) is 4.54. The summed E-state index contributed by atoms with van der Waals surface area (Å²) in [5.74, 6) is -1.70. The molecule has 0 saturated carbocycles. The molecular weight excluding hydrogens is 511 g/mol. The molecule has 1 aliphatic heterocycles. The van der Waals surface area contributed by atoms with Gasteiger partial charge in [-0.2, -0.15) is 0 Å². The highest BCUT2D eigenvalue weighted by atomic mass is 35.5. The number of carbonyl (C=O) groups excluding carboxylic acids is 3. The van der Waals surface area contributed by atoms with E-state index in [2.05, 4.69) is 10.6 Å². The van der Waals surface area contributed by atoms with Crippen LogP contribution < -0.4 is 16.4 Å². The second kappa shape index (κ2) is 13.3. The van der Waals surface area contributed by atoms with Gasteiger partial charge in [0.25, 0.3) is 5.91 Å². The van der Waals surface area contributed by atoms with E-state index in [-0.39, 0.29) is 37.8 Å². The first kappa shape index (κ1) is 29.0. The molecule has 1 fully saturated rings. The van der Waals surface area contributed by atoms with E-state index in [9.17, 15) is 23.9 Å². The van der Waals surface area contributed by atoms with Crippen molar-refractivity contribution in [3.8, 4) is 0 Å². The van der Waals surface area contributed by atoms with Crippen LogP contribution in [0.15, 0.2) is 66.7 Å². The SMILES string of the molecule is Cl.NCC(O)CNC(=O)[C@@H](Cc1ccc2ccccc2c1)NC(=O)C1CCCN1C(=O)c1ccc(F)cc1. The van der Waals surface area contributed by atoms with E-state index in [0.717, 1.165) is 16.3 Å². The average Bonchev–Trinajstić information content (AvgIpc) is 3.41. The Morgan fingerprint density at radius 3 is 2.47 bits per heavy atom. The molecule has 1 saturated heterocycles. The highest BCUT2D eigenvalue weighted by Gasteiger charge is 2.36. The second-order valence-corrected chi connectivity index (χ2v) is 9.24. The normalized spacial score (nSPS) is 16.4. The third kappa shape index (κ3) is 7.06. The van der Waals surface area contributed by atoms with Gasteiger partial charge in [-0.25, -0.2) is 4.39 Å². The lowest BCUT2D eigenvalue weighted by molar-refractivity contribution is -0.131. The molecule has 0 bridgehead atoms. The summed E-state index contributed by atoms with van der Waals surface area (Å²) in [5, 5.41) is 17.3. The summed E-state index contributed by atoms with van der Waals surface area (Å²) in [6, 6.07) is 17.2. The largest absolute Gasteiger partial charge is 0.390 e. The number of benzene rings is 3. The zero-order valence-corrected chi connectivity index (χ0v) is 21.6. The Hall–Kier alpha value is -3.53. The smallest absolute Gasteiger partial charge is 0.254 e. The topological polar surface area (TPSA) is 125 Å². The monoisotopic (exact) mass is 542 g/mol. The number of likely N-dealkylation sites (tertiary alicyclic amines) is 1. The van der Waals surface area contributed by atoms with Crippen LogP contribution >= 0.6 is 12.4 Å². The van der Waals surface area contributed by atoms with Crippen LogP contribution in [0.1, 0.15) is 28.8 Å². The third-order valence-corrected chi connectivity index (χ3v) is 6.58. The Morgan fingerprint density at radius 2 is 1.76 bits per heavy atom. The molecule has 202 valence electrons. The second-order valence-electron chi connectivity index (χ2n) is 9.24. The third-order valence-electron chi connectivity index (χ3n) is 6.58. The first-order valence-corrected chi connectivity index (χ1v) is 12.4.